The summed E-state index contributed by atoms with van der Waals surface area (Å²) in [7, 11) is -1.03. The van der Waals surface area contributed by atoms with Crippen LogP contribution in [0.4, 0.5) is 36.6 Å². The topological polar surface area (TPSA) is 153 Å². The molecule has 2 unspecified atom stereocenters. The number of hydrogen-bond donors (Lipinski definition) is 3. The number of aliphatic hydroxyl groups is 1. The zero-order valence-corrected chi connectivity index (χ0v) is 32.9. The number of nitrogens with one attached hydrogen (secondary N) is 2. The number of carbonyl (C=O) groups is 1. The first-order valence-corrected chi connectivity index (χ1v) is 19.9. The number of benzene rings is 2. The molecule has 21 heteroatoms. The van der Waals surface area contributed by atoms with E-state index in [4.69, 9.17) is 16.3 Å². The van der Waals surface area contributed by atoms with Crippen LogP contribution >= 0.6 is 11.6 Å². The van der Waals surface area contributed by atoms with Crippen LogP contribution in [0.1, 0.15) is 59.2 Å². The summed E-state index contributed by atoms with van der Waals surface area (Å²) in [5.41, 5.74) is -4.18. The number of nitrogens with zero attached hydrogens (tertiary/aromatic N) is 5. The number of fused-ring (bicyclic) bond motifs is 4. The second kappa shape index (κ2) is 14.8. The first kappa shape index (κ1) is 41.9. The summed E-state index contributed by atoms with van der Waals surface area (Å²) in [6.07, 6.45) is -4.77. The van der Waals surface area contributed by atoms with Crippen LogP contribution in [0.5, 0.6) is 0 Å². The minimum absolute atomic E-state index is 0.00183. The number of anilines is 1. The fraction of sp³-hybridized carbons (Fsp3) is 0.368. The van der Waals surface area contributed by atoms with Crippen molar-refractivity contribution < 1.29 is 53.8 Å². The van der Waals surface area contributed by atoms with Crippen molar-refractivity contribution in [1.82, 2.24) is 29.9 Å². The van der Waals surface area contributed by atoms with Crippen molar-refractivity contribution in [2.75, 3.05) is 24.7 Å². The van der Waals surface area contributed by atoms with E-state index < -0.39 is 93.1 Å². The lowest BCUT2D eigenvalue weighted by atomic mass is 9.93. The number of hydrogen-bond acceptors (Lipinski definition) is 8. The summed E-state index contributed by atoms with van der Waals surface area (Å²) < 4.78 is 136. The molecular formula is C38H33ClF7N7O5S. The van der Waals surface area contributed by atoms with Crippen molar-refractivity contribution in [2.24, 2.45) is 13.0 Å². The van der Waals surface area contributed by atoms with Crippen molar-refractivity contribution >= 4 is 44.3 Å². The van der Waals surface area contributed by atoms with Gasteiger partial charge in [0.1, 0.15) is 35.2 Å². The summed E-state index contributed by atoms with van der Waals surface area (Å²) in [6.45, 7) is 0.0671. The van der Waals surface area contributed by atoms with Gasteiger partial charge in [0, 0.05) is 42.8 Å². The van der Waals surface area contributed by atoms with Gasteiger partial charge in [-0.3, -0.25) is 18.9 Å². The zero-order valence-electron chi connectivity index (χ0n) is 31.4. The number of pyridine rings is 1. The second-order valence-corrected chi connectivity index (χ2v) is 16.8. The van der Waals surface area contributed by atoms with Crippen LogP contribution in [0.2, 0.25) is 5.02 Å². The highest BCUT2D eigenvalue weighted by molar-refractivity contribution is 7.92. The minimum atomic E-state index is -5.09. The number of ether oxygens (including phenoxy) is 1. The molecule has 312 valence electrons. The van der Waals surface area contributed by atoms with Gasteiger partial charge >= 0.3 is 6.18 Å². The largest absolute Gasteiger partial charge is 0.435 e. The Labute approximate surface area is 336 Å². The molecule has 1 fully saturated rings. The highest BCUT2D eigenvalue weighted by atomic mass is 35.5. The third-order valence-electron chi connectivity index (χ3n) is 9.84. The molecule has 0 saturated heterocycles. The molecule has 3 aromatic heterocycles. The fourth-order valence-corrected chi connectivity index (χ4v) is 8.28. The van der Waals surface area contributed by atoms with Crippen LogP contribution in [0.3, 0.4) is 0 Å². The normalized spacial score (nSPS) is 18.4. The number of sulfonamides is 1. The summed E-state index contributed by atoms with van der Waals surface area (Å²) in [5.74, 6) is -3.99. The van der Waals surface area contributed by atoms with Crippen molar-refractivity contribution in [3.05, 3.63) is 93.0 Å². The van der Waals surface area contributed by atoms with Crippen LogP contribution in [0.15, 0.2) is 42.5 Å². The monoisotopic (exact) mass is 867 g/mol. The highest BCUT2D eigenvalue weighted by Gasteiger charge is 2.68. The summed E-state index contributed by atoms with van der Waals surface area (Å²) >= 11 is 6.57. The Bertz CT molecular complexity index is 2690. The van der Waals surface area contributed by atoms with Crippen LogP contribution in [0.25, 0.3) is 22.0 Å². The molecule has 2 aliphatic rings. The van der Waals surface area contributed by atoms with Crippen molar-refractivity contribution in [1.29, 1.82) is 0 Å². The van der Waals surface area contributed by atoms with E-state index in [1.807, 2.05) is 0 Å². The molecule has 3 heterocycles. The van der Waals surface area contributed by atoms with E-state index in [1.54, 1.807) is 0 Å². The number of amides is 1. The molecule has 4 atom stereocenters. The molecule has 59 heavy (non-hydrogen) atoms. The van der Waals surface area contributed by atoms with Gasteiger partial charge in [0.2, 0.25) is 15.9 Å². The average molecular weight is 868 g/mol. The van der Waals surface area contributed by atoms with E-state index in [9.17, 15) is 40.3 Å². The van der Waals surface area contributed by atoms with Crippen LogP contribution < -0.4 is 10.0 Å². The Morgan fingerprint density at radius 3 is 2.44 bits per heavy atom. The van der Waals surface area contributed by atoms with Crippen LogP contribution in [-0.4, -0.2) is 69.5 Å². The van der Waals surface area contributed by atoms with Gasteiger partial charge in [-0.2, -0.15) is 32.1 Å². The van der Waals surface area contributed by atoms with Crippen LogP contribution in [0, 0.1) is 29.4 Å². The summed E-state index contributed by atoms with van der Waals surface area (Å²) in [4.78, 5) is 18.6. The summed E-state index contributed by atoms with van der Waals surface area (Å²) in [5, 5.41) is 21.2. The molecule has 0 bridgehead atoms. The Balaban J connectivity index is 1.40. The lowest BCUT2D eigenvalue weighted by Crippen LogP contribution is -2.35. The zero-order chi connectivity index (χ0) is 43.0. The highest BCUT2D eigenvalue weighted by Crippen LogP contribution is 2.68. The molecular weight excluding hydrogens is 835 g/mol. The number of carbonyl (C=O) groups excluding carboxylic acids is 1. The van der Waals surface area contributed by atoms with Gasteiger partial charge in [-0.25, -0.2) is 22.2 Å². The SMILES string of the molecule is COCC(C)(O)C#Cc1ccc(-c2ccc(Cl)c3c(NS(C)(=O)=O)nn(C)c23)c([C@H](Cc2cc(F)cc(F)c2)NC(=O)Cn2nc(C(F)(F)F)c3c2C(F)(F)C2C[C@H]32)n1. The first-order valence-electron chi connectivity index (χ1n) is 17.7. The molecule has 0 aliphatic heterocycles. The molecule has 3 N–H and O–H groups in total. The van der Waals surface area contributed by atoms with Gasteiger partial charge in [-0.15, -0.1) is 0 Å². The molecule has 0 radical (unpaired) electrons. The van der Waals surface area contributed by atoms with Crippen molar-refractivity contribution in [3.8, 4) is 23.0 Å². The standard InChI is InChI=1S/C38H33ClF7N7O5S/c1-36(55,17-58-3)10-9-21-5-6-22(23-7-8-26(39)30-32(23)52(2)50-35(30)51-59(4,56)57)31(47-21)27(13-18-11-19(40)14-20(41)12-18)48-28(54)16-53-34-29(33(49-53)38(44,45)46)24-15-25(24)37(34,42)43/h5-8,11-12,14,24-25,27,55H,13,15-17H2,1-4H3,(H,48,54)(H,50,51)/t24-,25?,27-,36?/m0/s1. The predicted octanol–water partition coefficient (Wildman–Crippen LogP) is 6.21. The van der Waals surface area contributed by atoms with Gasteiger partial charge in [-0.1, -0.05) is 23.6 Å². The molecule has 12 nitrogen and oxygen atoms in total. The average Bonchev–Trinajstić information content (AvgIpc) is 3.65. The van der Waals surface area contributed by atoms with E-state index >= 15 is 8.78 Å². The summed E-state index contributed by atoms with van der Waals surface area (Å²) in [6, 6.07) is 7.05. The molecule has 1 amide bonds. The van der Waals surface area contributed by atoms with Crippen LogP contribution in [-0.2, 0) is 51.7 Å². The van der Waals surface area contributed by atoms with Gasteiger partial charge in [0.05, 0.1) is 40.5 Å². The van der Waals surface area contributed by atoms with Gasteiger partial charge in [0.15, 0.2) is 11.5 Å². The number of aromatic nitrogens is 5. The Morgan fingerprint density at radius 2 is 1.80 bits per heavy atom. The van der Waals surface area contributed by atoms with Gasteiger partial charge in [0.25, 0.3) is 5.92 Å². The smallest absolute Gasteiger partial charge is 0.381 e. The van der Waals surface area contributed by atoms with E-state index in [1.165, 1.54) is 50.0 Å². The van der Waals surface area contributed by atoms with Crippen molar-refractivity contribution in [2.45, 2.75) is 56.0 Å². The molecule has 2 aromatic carbocycles. The third-order valence-corrected chi connectivity index (χ3v) is 10.7. The maximum Gasteiger partial charge on any atom is 0.435 e. The number of methoxy groups -OCH3 is 1. The Morgan fingerprint density at radius 1 is 1.12 bits per heavy atom. The Hall–Kier alpha value is -5.23. The minimum Gasteiger partial charge on any atom is -0.381 e. The lowest BCUT2D eigenvalue weighted by Gasteiger charge is -2.23. The van der Waals surface area contributed by atoms with Gasteiger partial charge < -0.3 is 15.2 Å². The number of alkyl halides is 5. The predicted molar refractivity (Wildman–Crippen MR) is 200 cm³/mol. The molecule has 2 aliphatic carbocycles. The first-order chi connectivity index (χ1) is 27.5. The Kier molecular flexibility index (Phi) is 10.5. The molecule has 7 rings (SSSR count). The fourth-order valence-electron chi connectivity index (χ4n) is 7.55. The third kappa shape index (κ3) is 8.33. The quantitative estimate of drug-likeness (QED) is 0.105. The number of aryl methyl sites for hydroxylation is 1. The maximum atomic E-state index is 15.4. The lowest BCUT2D eigenvalue weighted by molar-refractivity contribution is -0.142. The number of halogens is 8. The van der Waals surface area contributed by atoms with Crippen molar-refractivity contribution in [3.63, 3.8) is 0 Å². The molecule has 5 aromatic rings. The van der Waals surface area contributed by atoms with E-state index in [-0.39, 0.29) is 62.8 Å². The molecule has 0 spiro atoms. The number of rotatable bonds is 11. The second-order valence-electron chi connectivity index (χ2n) is 14.7. The molecule has 1 saturated carbocycles. The van der Waals surface area contributed by atoms with E-state index in [2.05, 4.69) is 37.1 Å². The maximum absolute atomic E-state index is 15.4. The van der Waals surface area contributed by atoms with E-state index in [0.29, 0.717) is 10.7 Å². The van der Waals surface area contributed by atoms with Gasteiger partial charge in [-0.05, 0) is 67.5 Å². The van der Waals surface area contributed by atoms with E-state index in [0.717, 1.165) is 18.4 Å².